The Kier molecular flexibility index (Phi) is 13.7. The van der Waals surface area contributed by atoms with Gasteiger partial charge in [0.2, 0.25) is 0 Å². The molecule has 7 heteroatoms. The molecular formula is C7H14O6S. The third-order valence-corrected chi connectivity index (χ3v) is 1.33. The van der Waals surface area contributed by atoms with Crippen LogP contribution in [0.1, 0.15) is 6.92 Å². The minimum absolute atomic E-state index is 0.0104. The van der Waals surface area contributed by atoms with Gasteiger partial charge in [-0.1, -0.05) is 0 Å². The molecule has 0 saturated carbocycles. The smallest absolute Gasteiger partial charge is 0.329 e. The van der Waals surface area contributed by atoms with Crippen molar-refractivity contribution in [3.05, 3.63) is 0 Å². The maximum atomic E-state index is 9.66. The summed E-state index contributed by atoms with van der Waals surface area (Å²) >= 11 is 0.917. The van der Waals surface area contributed by atoms with Crippen LogP contribution in [-0.4, -0.2) is 48.2 Å². The lowest BCUT2D eigenvalue weighted by molar-refractivity contribution is -0.142. The van der Waals surface area contributed by atoms with Crippen molar-refractivity contribution >= 4 is 24.0 Å². The van der Waals surface area contributed by atoms with E-state index >= 15 is 0 Å². The van der Waals surface area contributed by atoms with Crippen molar-refractivity contribution in [3.8, 4) is 0 Å². The average Bonchev–Trinajstić information content (AvgIpc) is 2.12. The Hall–Kier alpha value is -0.790. The van der Waals surface area contributed by atoms with Crippen LogP contribution in [0.15, 0.2) is 0 Å². The largest absolute Gasteiger partial charge is 0.481 e. The first-order valence-corrected chi connectivity index (χ1v) is 4.62. The summed E-state index contributed by atoms with van der Waals surface area (Å²) < 4.78 is 8.88. The minimum Gasteiger partial charge on any atom is -0.481 e. The highest BCUT2D eigenvalue weighted by molar-refractivity contribution is 7.95. The molecular weight excluding hydrogens is 212 g/mol. The molecule has 0 atom stereocenters. The van der Waals surface area contributed by atoms with Crippen molar-refractivity contribution in [2.24, 2.45) is 0 Å². The van der Waals surface area contributed by atoms with Gasteiger partial charge >= 0.3 is 11.9 Å². The number of ether oxygens (including phenoxy) is 1. The molecule has 0 amide bonds. The van der Waals surface area contributed by atoms with Crippen LogP contribution in [0.3, 0.4) is 0 Å². The molecule has 6 nitrogen and oxygen atoms in total. The number of hydrogen-bond donors (Lipinski definition) is 2. The summed E-state index contributed by atoms with van der Waals surface area (Å²) in [5.74, 6) is -1.76. The minimum atomic E-state index is -0.915. The van der Waals surface area contributed by atoms with Crippen molar-refractivity contribution in [1.29, 1.82) is 0 Å². The van der Waals surface area contributed by atoms with Crippen LogP contribution in [0.5, 0.6) is 0 Å². The predicted octanol–water partition coefficient (Wildman–Crippen LogP) is 0.473. The lowest BCUT2D eigenvalue weighted by Gasteiger charge is -1.90. The average molecular weight is 226 g/mol. The van der Waals surface area contributed by atoms with Crippen LogP contribution >= 0.6 is 12.0 Å². The fourth-order valence-corrected chi connectivity index (χ4v) is 0.517. The Morgan fingerprint density at radius 2 is 1.86 bits per heavy atom. The molecule has 0 spiro atoms. The molecule has 0 aromatic rings. The summed E-state index contributed by atoms with van der Waals surface area (Å²) in [6.45, 7) is 2.03. The monoisotopic (exact) mass is 226 g/mol. The van der Waals surface area contributed by atoms with Crippen LogP contribution in [0.4, 0.5) is 0 Å². The molecule has 0 fully saturated rings. The SMILES string of the molecule is CCOCC(=O)O.COSCC(=O)O. The highest BCUT2D eigenvalue weighted by atomic mass is 32.2. The highest BCUT2D eigenvalue weighted by Gasteiger charge is 1.92. The van der Waals surface area contributed by atoms with E-state index in [0.717, 1.165) is 12.0 Å². The van der Waals surface area contributed by atoms with Gasteiger partial charge in [0, 0.05) is 18.6 Å². The summed E-state index contributed by atoms with van der Waals surface area (Å²) in [6.07, 6.45) is 0. The second kappa shape index (κ2) is 12.2. The van der Waals surface area contributed by atoms with E-state index in [0.29, 0.717) is 6.61 Å². The third kappa shape index (κ3) is 22.5. The maximum Gasteiger partial charge on any atom is 0.329 e. The summed E-state index contributed by atoms with van der Waals surface area (Å²) in [5, 5.41) is 15.9. The molecule has 0 aromatic heterocycles. The van der Waals surface area contributed by atoms with Crippen molar-refractivity contribution in [3.63, 3.8) is 0 Å². The first-order chi connectivity index (χ1) is 6.54. The Morgan fingerprint density at radius 3 is 2.00 bits per heavy atom. The Bertz CT molecular complexity index is 142. The molecule has 0 heterocycles. The third-order valence-electron chi connectivity index (χ3n) is 0.730. The fourth-order valence-electron chi connectivity index (χ4n) is 0.299. The molecule has 0 aliphatic rings. The second-order valence-electron chi connectivity index (χ2n) is 1.85. The summed E-state index contributed by atoms with van der Waals surface area (Å²) in [7, 11) is 1.44. The van der Waals surface area contributed by atoms with Crippen LogP contribution in [-0.2, 0) is 18.5 Å². The zero-order chi connectivity index (χ0) is 11.4. The Balaban J connectivity index is 0. The van der Waals surface area contributed by atoms with Crippen LogP contribution in [0, 0.1) is 0 Å². The molecule has 2 N–H and O–H groups in total. The van der Waals surface area contributed by atoms with Gasteiger partial charge in [-0.15, -0.1) is 0 Å². The molecule has 0 aliphatic heterocycles. The lowest BCUT2D eigenvalue weighted by Crippen LogP contribution is -2.05. The molecule has 0 aliphatic carbocycles. The van der Waals surface area contributed by atoms with Gasteiger partial charge in [-0.2, -0.15) is 0 Å². The molecule has 0 bridgehead atoms. The molecule has 14 heavy (non-hydrogen) atoms. The van der Waals surface area contributed by atoms with E-state index in [1.54, 1.807) is 6.92 Å². The van der Waals surface area contributed by atoms with E-state index < -0.39 is 11.9 Å². The van der Waals surface area contributed by atoms with E-state index in [1.165, 1.54) is 7.11 Å². The topological polar surface area (TPSA) is 93.1 Å². The van der Waals surface area contributed by atoms with Gasteiger partial charge < -0.3 is 19.1 Å². The number of carboxylic acid groups (broad SMARTS) is 2. The number of carbonyl (C=O) groups is 2. The summed E-state index contributed by atoms with van der Waals surface area (Å²) in [5.41, 5.74) is 0. The second-order valence-corrected chi connectivity index (χ2v) is 2.71. The van der Waals surface area contributed by atoms with Gasteiger partial charge in [-0.05, 0) is 6.92 Å². The molecule has 0 radical (unpaired) electrons. The van der Waals surface area contributed by atoms with Gasteiger partial charge in [0.25, 0.3) is 0 Å². The zero-order valence-electron chi connectivity index (χ0n) is 8.06. The van der Waals surface area contributed by atoms with Crippen molar-refractivity contribution in [2.75, 3.05) is 26.1 Å². The highest BCUT2D eigenvalue weighted by Crippen LogP contribution is 1.96. The standard InChI is InChI=1S/C4H8O3.C3H6O3S/c1-2-7-3-4(5)6;1-6-7-2-3(4)5/h2-3H2,1H3,(H,5,6);2H2,1H3,(H,4,5). The van der Waals surface area contributed by atoms with Crippen molar-refractivity contribution in [2.45, 2.75) is 6.92 Å². The predicted molar refractivity (Wildman–Crippen MR) is 51.2 cm³/mol. The van der Waals surface area contributed by atoms with E-state index in [9.17, 15) is 9.59 Å². The van der Waals surface area contributed by atoms with E-state index in [1.807, 2.05) is 0 Å². The first-order valence-electron chi connectivity index (χ1n) is 3.71. The molecule has 0 unspecified atom stereocenters. The van der Waals surface area contributed by atoms with Gasteiger partial charge in [0.1, 0.15) is 12.4 Å². The fraction of sp³-hybridized carbons (Fsp3) is 0.714. The number of hydrogen-bond acceptors (Lipinski definition) is 5. The van der Waals surface area contributed by atoms with E-state index in [4.69, 9.17) is 10.2 Å². The Labute approximate surface area is 86.4 Å². The lowest BCUT2D eigenvalue weighted by atomic mass is 10.7. The van der Waals surface area contributed by atoms with Gasteiger partial charge in [-0.3, -0.25) is 4.79 Å². The molecule has 0 rings (SSSR count). The zero-order valence-corrected chi connectivity index (χ0v) is 8.87. The number of carboxylic acids is 2. The van der Waals surface area contributed by atoms with Crippen molar-refractivity contribution in [1.82, 2.24) is 0 Å². The van der Waals surface area contributed by atoms with E-state index in [2.05, 4.69) is 8.92 Å². The summed E-state index contributed by atoms with van der Waals surface area (Å²) in [4.78, 5) is 19.3. The molecule has 84 valence electrons. The van der Waals surface area contributed by atoms with Crippen LogP contribution < -0.4 is 0 Å². The first kappa shape index (κ1) is 15.7. The maximum absolute atomic E-state index is 9.66. The molecule has 0 aromatic carbocycles. The quantitative estimate of drug-likeness (QED) is 0.636. The Morgan fingerprint density at radius 1 is 1.29 bits per heavy atom. The van der Waals surface area contributed by atoms with Gasteiger partial charge in [-0.25, -0.2) is 4.79 Å². The van der Waals surface area contributed by atoms with Gasteiger partial charge in [0.15, 0.2) is 0 Å². The van der Waals surface area contributed by atoms with Crippen LogP contribution in [0.2, 0.25) is 0 Å². The summed E-state index contributed by atoms with van der Waals surface area (Å²) in [6, 6.07) is 0. The van der Waals surface area contributed by atoms with Crippen molar-refractivity contribution < 1.29 is 28.7 Å². The number of rotatable bonds is 6. The van der Waals surface area contributed by atoms with Gasteiger partial charge in [0.05, 0.1) is 7.11 Å². The molecule has 0 saturated heterocycles. The normalized spacial score (nSPS) is 8.71. The number of aliphatic carboxylic acids is 2. The van der Waals surface area contributed by atoms with E-state index in [-0.39, 0.29) is 12.4 Å². The van der Waals surface area contributed by atoms with Crippen LogP contribution in [0.25, 0.3) is 0 Å².